The summed E-state index contributed by atoms with van der Waals surface area (Å²) in [4.78, 5) is 0. The molecule has 0 aliphatic heterocycles. The molecule has 0 heterocycles. The van der Waals surface area contributed by atoms with Crippen molar-refractivity contribution in [3.63, 3.8) is 0 Å². The van der Waals surface area contributed by atoms with Crippen molar-refractivity contribution in [3.05, 3.63) is 0 Å². The van der Waals surface area contributed by atoms with Crippen LogP contribution in [0, 0.1) is 0 Å². The molecule has 0 aromatic rings. The van der Waals surface area contributed by atoms with Crippen molar-refractivity contribution in [1.29, 1.82) is 0 Å². The number of hydrogen-bond donors (Lipinski definition) is 0. The van der Waals surface area contributed by atoms with Gasteiger partial charge in [0, 0.05) is 0 Å². The third-order valence-corrected chi connectivity index (χ3v) is 0.975. The van der Waals surface area contributed by atoms with Crippen LogP contribution in [0.25, 0.3) is 0 Å². The molecule has 2 unspecified atom stereocenters. The molecule has 0 N–H and O–H groups in total. The normalized spacial score (nSPS) is 15.1. The topological polar surface area (TPSA) is 98.7 Å². The standard InChI is InChI=1S/2CHF3O3S.Cu/c2*2-1(3,4)7-8(5)6;/h2*(H,5,6);/q;;+2/p-2. The first-order chi connectivity index (χ1) is 6.83. The first kappa shape index (κ1) is 22.4. The van der Waals surface area contributed by atoms with E-state index in [1.54, 1.807) is 0 Å². The zero-order valence-corrected chi connectivity index (χ0v) is 9.41. The van der Waals surface area contributed by atoms with Crippen LogP contribution in [0.2, 0.25) is 0 Å². The quantitative estimate of drug-likeness (QED) is 0.406. The van der Waals surface area contributed by atoms with Gasteiger partial charge in [0.05, 0.1) is 22.7 Å². The Morgan fingerprint density at radius 1 is 0.765 bits per heavy atom. The maximum Gasteiger partial charge on any atom is 2.00 e. The van der Waals surface area contributed by atoms with Crippen molar-refractivity contribution >= 4 is 22.7 Å². The fraction of sp³-hybridized carbons (Fsp3) is 1.00. The van der Waals surface area contributed by atoms with Crippen LogP contribution in [-0.2, 0) is 48.2 Å². The van der Waals surface area contributed by atoms with E-state index in [2.05, 4.69) is 8.37 Å². The van der Waals surface area contributed by atoms with E-state index in [0.717, 1.165) is 0 Å². The molecule has 17 heavy (non-hydrogen) atoms. The minimum Gasteiger partial charge on any atom is -0.750 e. The van der Waals surface area contributed by atoms with Crippen molar-refractivity contribution < 1.29 is 69.3 Å². The van der Waals surface area contributed by atoms with E-state index < -0.39 is 35.4 Å². The Balaban J connectivity index is -0.000000218. The van der Waals surface area contributed by atoms with Crippen molar-refractivity contribution in [1.82, 2.24) is 0 Å². The van der Waals surface area contributed by atoms with Crippen LogP contribution >= 0.6 is 0 Å². The summed E-state index contributed by atoms with van der Waals surface area (Å²) in [6.45, 7) is 0. The van der Waals surface area contributed by atoms with E-state index >= 15 is 0 Å². The van der Waals surface area contributed by atoms with Gasteiger partial charge in [-0.05, 0) is 0 Å². The van der Waals surface area contributed by atoms with Crippen LogP contribution in [0.4, 0.5) is 26.3 Å². The maximum absolute atomic E-state index is 10.7. The van der Waals surface area contributed by atoms with Gasteiger partial charge in [-0.3, -0.25) is 0 Å². The number of hydrogen-bond acceptors (Lipinski definition) is 6. The van der Waals surface area contributed by atoms with Crippen LogP contribution in [0.5, 0.6) is 0 Å². The monoisotopic (exact) mass is 361 g/mol. The molecule has 0 aromatic carbocycles. The molecule has 0 aromatic heterocycles. The summed E-state index contributed by atoms with van der Waals surface area (Å²) in [6.07, 6.45) is -10.2. The zero-order chi connectivity index (χ0) is 13.6. The third kappa shape index (κ3) is 31.4. The molecule has 0 bridgehead atoms. The molecule has 0 aliphatic carbocycles. The van der Waals surface area contributed by atoms with Gasteiger partial charge in [-0.1, -0.05) is 0 Å². The van der Waals surface area contributed by atoms with Gasteiger partial charge in [0.25, 0.3) is 0 Å². The van der Waals surface area contributed by atoms with Crippen LogP contribution in [0.3, 0.4) is 0 Å². The fourth-order valence-electron chi connectivity index (χ4n) is 0.154. The fourth-order valence-corrected chi connectivity index (χ4v) is 0.463. The number of halogens is 6. The van der Waals surface area contributed by atoms with Gasteiger partial charge >= 0.3 is 29.8 Å². The summed E-state index contributed by atoms with van der Waals surface area (Å²) in [5.74, 6) is 0. The number of rotatable bonds is 2. The first-order valence-electron chi connectivity index (χ1n) is 2.54. The van der Waals surface area contributed by atoms with Gasteiger partial charge in [0.2, 0.25) is 0 Å². The molecular weight excluding hydrogens is 362 g/mol. The Kier molecular flexibility index (Phi) is 12.1. The molecule has 0 spiro atoms. The summed E-state index contributed by atoms with van der Waals surface area (Å²) >= 11 is -7.02. The molecule has 6 nitrogen and oxygen atoms in total. The van der Waals surface area contributed by atoms with Crippen molar-refractivity contribution in [3.8, 4) is 0 Å². The molecule has 15 heteroatoms. The van der Waals surface area contributed by atoms with Crippen LogP contribution in [0.1, 0.15) is 0 Å². The Labute approximate surface area is 105 Å². The predicted molar refractivity (Wildman–Crippen MR) is 32.1 cm³/mol. The molecule has 109 valence electrons. The van der Waals surface area contributed by atoms with Gasteiger partial charge in [-0.15, -0.1) is 26.3 Å². The van der Waals surface area contributed by atoms with Crippen molar-refractivity contribution in [2.24, 2.45) is 0 Å². The molecule has 0 rings (SSSR count). The molecule has 0 amide bonds. The average Bonchev–Trinajstić information content (AvgIpc) is 1.72. The molecule has 0 fully saturated rings. The summed E-state index contributed by atoms with van der Waals surface area (Å²) < 4.78 is 105. The molecule has 2 atom stereocenters. The predicted octanol–water partition coefficient (Wildman–Crippen LogP) is 0.631. The minimum absolute atomic E-state index is 0. The molecular formula is C2CuF6O6S2. The SMILES string of the molecule is O=S([O-])OC(F)(F)F.O=S([O-])OC(F)(F)F.[Cu+2]. The summed E-state index contributed by atoms with van der Waals surface area (Å²) in [5, 5.41) is 0. The molecule has 0 saturated heterocycles. The maximum atomic E-state index is 10.7. The second kappa shape index (κ2) is 9.21. The first-order valence-corrected chi connectivity index (χ1v) is 4.54. The van der Waals surface area contributed by atoms with Gasteiger partial charge in [0.15, 0.2) is 0 Å². The third-order valence-electron chi connectivity index (χ3n) is 0.325. The van der Waals surface area contributed by atoms with E-state index in [9.17, 15) is 26.3 Å². The molecule has 1 radical (unpaired) electrons. The van der Waals surface area contributed by atoms with Crippen molar-refractivity contribution in [2.75, 3.05) is 0 Å². The zero-order valence-electron chi connectivity index (χ0n) is 6.84. The minimum atomic E-state index is -5.09. The average molecular weight is 362 g/mol. The summed E-state index contributed by atoms with van der Waals surface area (Å²) in [6, 6.07) is 0. The Morgan fingerprint density at radius 2 is 0.941 bits per heavy atom. The van der Waals surface area contributed by atoms with Gasteiger partial charge in [-0.2, -0.15) is 0 Å². The molecule has 0 aliphatic rings. The van der Waals surface area contributed by atoms with Crippen molar-refractivity contribution in [2.45, 2.75) is 12.7 Å². The van der Waals surface area contributed by atoms with E-state index in [-0.39, 0.29) is 17.1 Å². The van der Waals surface area contributed by atoms with Gasteiger partial charge in [0.1, 0.15) is 0 Å². The van der Waals surface area contributed by atoms with Gasteiger partial charge < -0.3 is 9.11 Å². The van der Waals surface area contributed by atoms with Crippen LogP contribution in [0.15, 0.2) is 0 Å². The van der Waals surface area contributed by atoms with Gasteiger partial charge in [-0.25, -0.2) is 16.8 Å². The Bertz CT molecular complexity index is 226. The Hall–Kier alpha value is 0.239. The van der Waals surface area contributed by atoms with E-state index in [4.69, 9.17) is 17.5 Å². The van der Waals surface area contributed by atoms with Crippen LogP contribution in [-0.4, -0.2) is 30.2 Å². The van der Waals surface area contributed by atoms with Crippen LogP contribution < -0.4 is 0 Å². The Morgan fingerprint density at radius 3 is 0.941 bits per heavy atom. The summed E-state index contributed by atoms with van der Waals surface area (Å²) in [5.41, 5.74) is 0. The molecule has 0 saturated carbocycles. The smallest absolute Gasteiger partial charge is 0.750 e. The second-order valence-corrected chi connectivity index (χ2v) is 2.62. The van der Waals surface area contributed by atoms with E-state index in [1.807, 2.05) is 0 Å². The van der Waals surface area contributed by atoms with E-state index in [0.29, 0.717) is 0 Å². The largest absolute Gasteiger partial charge is 2.00 e. The second-order valence-electron chi connectivity index (χ2n) is 1.47. The number of alkyl halides is 6. The summed E-state index contributed by atoms with van der Waals surface area (Å²) in [7, 11) is 0. The van der Waals surface area contributed by atoms with E-state index in [1.165, 1.54) is 0 Å².